The molecule has 2 atom stereocenters. The predicted octanol–water partition coefficient (Wildman–Crippen LogP) is 14.7. The first-order valence-electron chi connectivity index (χ1n) is 21.9. The van der Waals surface area contributed by atoms with Crippen molar-refractivity contribution in [3.05, 3.63) is 230 Å². The van der Waals surface area contributed by atoms with Crippen LogP contribution in [0.15, 0.2) is 228 Å². The van der Waals surface area contributed by atoms with E-state index in [0.717, 1.165) is 56.8 Å². The van der Waals surface area contributed by atoms with Crippen molar-refractivity contribution in [3.63, 3.8) is 0 Å². The van der Waals surface area contributed by atoms with Crippen molar-refractivity contribution in [3.8, 4) is 56.4 Å². The molecule has 1 fully saturated rings. The highest BCUT2D eigenvalue weighted by molar-refractivity contribution is 6.22. The van der Waals surface area contributed by atoms with Crippen LogP contribution in [0.5, 0.6) is 0 Å². The Labute approximate surface area is 373 Å². The standard InChI is InChI=1S/C59H43N5/c1-39-38-52(39)55(42-18-6-2-7-19-42)61-56(60-47-24-12-5-13-25-47)45-34-30-40(31-35-45)53-50-28-16-14-26-48(50)49-27-15-17-29-51(49)54(53)41-32-36-46(37-33-41)59-63-57(43-20-8-3-9-21-43)62-58(64-59)44-22-10-4-11-23-44/h2-37,39,52H,38H2,1H3. The third-order valence-electron chi connectivity index (χ3n) is 12.2. The van der Waals surface area contributed by atoms with Gasteiger partial charge in [0.2, 0.25) is 0 Å². The fraction of sp³-hybridized carbons (Fsp3) is 0.0678. The third-order valence-corrected chi connectivity index (χ3v) is 12.2. The van der Waals surface area contributed by atoms with Crippen molar-refractivity contribution in [2.75, 3.05) is 0 Å². The molecule has 0 aliphatic heterocycles. The lowest BCUT2D eigenvalue weighted by atomic mass is 9.84. The minimum atomic E-state index is 0.405. The van der Waals surface area contributed by atoms with E-state index in [4.69, 9.17) is 24.9 Å². The van der Waals surface area contributed by atoms with Gasteiger partial charge in [0.15, 0.2) is 23.3 Å². The molecule has 5 nitrogen and oxygen atoms in total. The zero-order valence-electron chi connectivity index (χ0n) is 35.4. The Morgan fingerprint density at radius 3 is 1.23 bits per heavy atom. The number of nitrogens with zero attached hydrogens (tertiary/aromatic N) is 5. The Hall–Kier alpha value is -8.15. The van der Waals surface area contributed by atoms with E-state index in [1.807, 2.05) is 91.0 Å². The van der Waals surface area contributed by atoms with Crippen molar-refractivity contribution in [1.29, 1.82) is 0 Å². The van der Waals surface area contributed by atoms with Gasteiger partial charge in [-0.05, 0) is 73.8 Å². The summed E-state index contributed by atoms with van der Waals surface area (Å²) in [5, 5.41) is 4.81. The van der Waals surface area contributed by atoms with E-state index in [1.165, 1.54) is 32.7 Å². The fourth-order valence-electron chi connectivity index (χ4n) is 8.82. The van der Waals surface area contributed by atoms with E-state index >= 15 is 0 Å². The van der Waals surface area contributed by atoms with Crippen LogP contribution >= 0.6 is 0 Å². The third kappa shape index (κ3) is 7.69. The second-order valence-corrected chi connectivity index (χ2v) is 16.5. The molecule has 1 aromatic heterocycles. The van der Waals surface area contributed by atoms with E-state index in [2.05, 4.69) is 134 Å². The lowest BCUT2D eigenvalue weighted by molar-refractivity contribution is 0.925. The maximum Gasteiger partial charge on any atom is 0.164 e. The molecule has 0 amide bonds. The Kier molecular flexibility index (Phi) is 10.3. The molecular weight excluding hydrogens is 779 g/mol. The van der Waals surface area contributed by atoms with Crippen molar-refractivity contribution in [1.82, 2.24) is 15.0 Å². The molecule has 1 aliphatic carbocycles. The SMILES string of the molecule is CC1CC1C(=NC(=Nc1ccccc1)c1ccc(-c2c(-c3ccc(-c4nc(-c5ccccc5)nc(-c5ccccc5)n4)cc3)c3ccccc3c3ccccc23)cc1)c1ccccc1. The maximum atomic E-state index is 5.41. The molecular formula is C59H43N5. The zero-order valence-corrected chi connectivity index (χ0v) is 35.4. The van der Waals surface area contributed by atoms with E-state index < -0.39 is 0 Å². The van der Waals surface area contributed by atoms with E-state index in [0.29, 0.717) is 35.1 Å². The molecule has 1 saturated carbocycles. The van der Waals surface area contributed by atoms with Gasteiger partial charge in [-0.15, -0.1) is 0 Å². The summed E-state index contributed by atoms with van der Waals surface area (Å²) in [6.45, 7) is 2.31. The Morgan fingerprint density at radius 2 is 0.766 bits per heavy atom. The van der Waals surface area contributed by atoms with Crippen molar-refractivity contribution in [2.24, 2.45) is 21.8 Å². The van der Waals surface area contributed by atoms with Gasteiger partial charge in [0.1, 0.15) is 0 Å². The molecule has 0 radical (unpaired) electrons. The summed E-state index contributed by atoms with van der Waals surface area (Å²) in [7, 11) is 0. The van der Waals surface area contributed by atoms with Crippen molar-refractivity contribution >= 4 is 38.8 Å². The van der Waals surface area contributed by atoms with Gasteiger partial charge in [-0.3, -0.25) is 0 Å². The summed E-state index contributed by atoms with van der Waals surface area (Å²) in [5.74, 6) is 3.60. The fourth-order valence-corrected chi connectivity index (χ4v) is 8.82. The molecule has 0 saturated heterocycles. The molecule has 1 heterocycles. The summed E-state index contributed by atoms with van der Waals surface area (Å²) >= 11 is 0. The monoisotopic (exact) mass is 821 g/mol. The van der Waals surface area contributed by atoms with Gasteiger partial charge in [0.05, 0.1) is 11.4 Å². The smallest absolute Gasteiger partial charge is 0.164 e. The lowest BCUT2D eigenvalue weighted by Crippen LogP contribution is -2.10. The predicted molar refractivity (Wildman–Crippen MR) is 265 cm³/mol. The van der Waals surface area contributed by atoms with Crippen LogP contribution in [0.3, 0.4) is 0 Å². The molecule has 5 heteroatoms. The topological polar surface area (TPSA) is 63.4 Å². The molecule has 1 aliphatic rings. The summed E-state index contributed by atoms with van der Waals surface area (Å²) in [6.07, 6.45) is 1.13. The molecule has 0 bridgehead atoms. The lowest BCUT2D eigenvalue weighted by Gasteiger charge is -2.19. The Balaban J connectivity index is 1.05. The van der Waals surface area contributed by atoms with Crippen LogP contribution in [0.25, 0.3) is 78.0 Å². The Morgan fingerprint density at radius 1 is 0.391 bits per heavy atom. The molecule has 0 spiro atoms. The largest absolute Gasteiger partial charge is 0.232 e. The highest BCUT2D eigenvalue weighted by Gasteiger charge is 2.38. The van der Waals surface area contributed by atoms with E-state index in [1.54, 1.807) is 0 Å². The molecule has 2 unspecified atom stereocenters. The summed E-state index contributed by atoms with van der Waals surface area (Å²) in [6, 6.07) is 76.0. The average Bonchev–Trinajstić information content (AvgIpc) is 4.11. The van der Waals surface area contributed by atoms with Gasteiger partial charge < -0.3 is 0 Å². The minimum Gasteiger partial charge on any atom is -0.232 e. The number of para-hydroxylation sites is 1. The van der Waals surface area contributed by atoms with Gasteiger partial charge in [-0.2, -0.15) is 0 Å². The van der Waals surface area contributed by atoms with E-state index in [-0.39, 0.29) is 0 Å². The quantitative estimate of drug-likeness (QED) is 0.0827. The highest BCUT2D eigenvalue weighted by Crippen LogP contribution is 2.45. The number of benzene rings is 9. The number of hydrogen-bond donors (Lipinski definition) is 0. The summed E-state index contributed by atoms with van der Waals surface area (Å²) < 4.78 is 0. The second kappa shape index (κ2) is 17.0. The second-order valence-electron chi connectivity index (χ2n) is 16.5. The Bertz CT molecular complexity index is 3270. The van der Waals surface area contributed by atoms with Crippen LogP contribution in [0.2, 0.25) is 0 Å². The van der Waals surface area contributed by atoms with Gasteiger partial charge in [-0.25, -0.2) is 24.9 Å². The van der Waals surface area contributed by atoms with Crippen LogP contribution in [0, 0.1) is 11.8 Å². The van der Waals surface area contributed by atoms with E-state index in [9.17, 15) is 0 Å². The van der Waals surface area contributed by atoms with Crippen molar-refractivity contribution < 1.29 is 0 Å². The van der Waals surface area contributed by atoms with Gasteiger partial charge >= 0.3 is 0 Å². The number of amidine groups is 1. The number of fused-ring (bicyclic) bond motifs is 3. The zero-order chi connectivity index (χ0) is 42.8. The van der Waals surface area contributed by atoms with Crippen LogP contribution in [0.1, 0.15) is 24.5 Å². The van der Waals surface area contributed by atoms with Crippen LogP contribution in [-0.2, 0) is 0 Å². The number of hydrogen-bond acceptors (Lipinski definition) is 4. The summed E-state index contributed by atoms with van der Waals surface area (Å²) in [4.78, 5) is 25.5. The number of rotatable bonds is 9. The normalized spacial score (nSPS) is 15.1. The van der Waals surface area contributed by atoms with Crippen LogP contribution in [0.4, 0.5) is 5.69 Å². The first kappa shape index (κ1) is 38.7. The number of aromatic nitrogens is 3. The first-order valence-corrected chi connectivity index (χ1v) is 21.9. The van der Waals surface area contributed by atoms with Gasteiger partial charge in [0.25, 0.3) is 0 Å². The minimum absolute atomic E-state index is 0.405. The molecule has 0 N–H and O–H groups in total. The maximum absolute atomic E-state index is 5.41. The number of aliphatic imine (C=N–C) groups is 2. The first-order chi connectivity index (χ1) is 31.6. The molecule has 64 heavy (non-hydrogen) atoms. The summed E-state index contributed by atoms with van der Waals surface area (Å²) in [5.41, 5.74) is 11.5. The van der Waals surface area contributed by atoms with Gasteiger partial charge in [-0.1, -0.05) is 213 Å². The van der Waals surface area contributed by atoms with Gasteiger partial charge in [0, 0.05) is 28.2 Å². The van der Waals surface area contributed by atoms with Crippen LogP contribution < -0.4 is 0 Å². The average molecular weight is 822 g/mol. The molecule has 10 aromatic rings. The molecule has 11 rings (SSSR count). The van der Waals surface area contributed by atoms with Crippen molar-refractivity contribution in [2.45, 2.75) is 13.3 Å². The molecule has 304 valence electrons. The molecule has 9 aromatic carbocycles. The van der Waals surface area contributed by atoms with Crippen LogP contribution in [-0.4, -0.2) is 26.5 Å². The highest BCUT2D eigenvalue weighted by atomic mass is 15.0.